The highest BCUT2D eigenvalue weighted by atomic mass is 31.2. The maximum absolute atomic E-state index is 12.6. The van der Waals surface area contributed by atoms with Crippen LogP contribution >= 0.6 is 7.82 Å². The Kier molecular flexibility index (Phi) is 33.6. The molecule has 0 aromatic carbocycles. The van der Waals surface area contributed by atoms with Crippen LogP contribution in [0, 0.1) is 0 Å². The zero-order valence-corrected chi connectivity index (χ0v) is 31.2. The number of aliphatic hydroxyl groups is 1. The molecular formula is C38H73N2O6P. The van der Waals surface area contributed by atoms with Gasteiger partial charge in [0.15, 0.2) is 0 Å². The summed E-state index contributed by atoms with van der Waals surface area (Å²) in [5.74, 6) is -0.212. The minimum absolute atomic E-state index is 0.0722. The SMILES string of the molecule is CCCCCCCCCC/C=C/CC/C=C/CC/C=C/C(O)C(COP(=O)(O)OCCN)NC(=O)CCCCCCCCCCCC. The molecule has 0 saturated carbocycles. The number of carbonyl (C=O) groups excluding carboxylic acids is 1. The van der Waals surface area contributed by atoms with E-state index in [1.807, 2.05) is 6.08 Å². The van der Waals surface area contributed by atoms with Gasteiger partial charge in [-0.1, -0.05) is 153 Å². The number of hydrogen-bond donors (Lipinski definition) is 4. The summed E-state index contributed by atoms with van der Waals surface area (Å²) < 4.78 is 22.0. The van der Waals surface area contributed by atoms with E-state index in [0.29, 0.717) is 6.42 Å². The van der Waals surface area contributed by atoms with E-state index >= 15 is 0 Å². The van der Waals surface area contributed by atoms with Crippen molar-refractivity contribution in [2.45, 2.75) is 180 Å². The van der Waals surface area contributed by atoms with Gasteiger partial charge < -0.3 is 21.1 Å². The molecule has 1 amide bonds. The highest BCUT2D eigenvalue weighted by Gasteiger charge is 2.26. The topological polar surface area (TPSA) is 131 Å². The van der Waals surface area contributed by atoms with E-state index in [0.717, 1.165) is 44.9 Å². The second-order valence-electron chi connectivity index (χ2n) is 12.8. The number of hydrogen-bond acceptors (Lipinski definition) is 6. The fraction of sp³-hybridized carbons (Fsp3) is 0.816. The van der Waals surface area contributed by atoms with Crippen molar-refractivity contribution < 1.29 is 28.4 Å². The third-order valence-corrected chi connectivity index (χ3v) is 9.18. The van der Waals surface area contributed by atoms with Gasteiger partial charge >= 0.3 is 7.82 Å². The van der Waals surface area contributed by atoms with Gasteiger partial charge in [0.05, 0.1) is 25.4 Å². The van der Waals surface area contributed by atoms with Crippen molar-refractivity contribution in [1.82, 2.24) is 5.32 Å². The van der Waals surface area contributed by atoms with Gasteiger partial charge in [0.1, 0.15) is 0 Å². The van der Waals surface area contributed by atoms with Crippen LogP contribution in [0.15, 0.2) is 36.5 Å². The molecule has 0 saturated heterocycles. The number of nitrogens with two attached hydrogens (primary N) is 1. The quantitative estimate of drug-likeness (QED) is 0.0297. The largest absolute Gasteiger partial charge is 0.472 e. The number of aliphatic hydroxyl groups excluding tert-OH is 1. The van der Waals surface area contributed by atoms with E-state index in [9.17, 15) is 19.4 Å². The van der Waals surface area contributed by atoms with Gasteiger partial charge in [0.25, 0.3) is 0 Å². The molecule has 0 spiro atoms. The number of phosphoric ester groups is 1. The van der Waals surface area contributed by atoms with Crippen LogP contribution in [0.1, 0.15) is 168 Å². The Morgan fingerprint density at radius 1 is 0.681 bits per heavy atom. The number of phosphoric acid groups is 1. The normalized spacial score (nSPS) is 14.7. The van der Waals surface area contributed by atoms with Crippen molar-refractivity contribution in [1.29, 1.82) is 0 Å². The first kappa shape index (κ1) is 45.7. The lowest BCUT2D eigenvalue weighted by molar-refractivity contribution is -0.123. The van der Waals surface area contributed by atoms with Crippen LogP contribution in [-0.4, -0.2) is 47.8 Å². The third kappa shape index (κ3) is 33.0. The number of carbonyl (C=O) groups is 1. The summed E-state index contributed by atoms with van der Waals surface area (Å²) in [5, 5.41) is 13.6. The van der Waals surface area contributed by atoms with Gasteiger partial charge in [0, 0.05) is 13.0 Å². The van der Waals surface area contributed by atoms with E-state index in [4.69, 9.17) is 14.8 Å². The fourth-order valence-electron chi connectivity index (χ4n) is 5.28. The minimum Gasteiger partial charge on any atom is -0.387 e. The molecule has 3 atom stereocenters. The Balaban J connectivity index is 4.37. The van der Waals surface area contributed by atoms with Gasteiger partial charge in [-0.15, -0.1) is 0 Å². The Labute approximate surface area is 289 Å². The molecule has 0 bridgehead atoms. The van der Waals surface area contributed by atoms with E-state index in [-0.39, 0.29) is 25.7 Å². The molecule has 0 rings (SSSR count). The molecule has 0 aromatic rings. The number of rotatable bonds is 35. The first-order valence-corrected chi connectivity index (χ1v) is 20.6. The molecule has 8 nitrogen and oxygen atoms in total. The van der Waals surface area contributed by atoms with E-state index in [2.05, 4.69) is 43.5 Å². The molecule has 0 aliphatic rings. The number of allylic oxidation sites excluding steroid dienone is 5. The Morgan fingerprint density at radius 3 is 1.64 bits per heavy atom. The predicted octanol–water partition coefficient (Wildman–Crippen LogP) is 10.00. The van der Waals surface area contributed by atoms with Crippen LogP contribution in [0.4, 0.5) is 0 Å². The lowest BCUT2D eigenvalue weighted by Crippen LogP contribution is -2.45. The first-order valence-electron chi connectivity index (χ1n) is 19.1. The molecule has 0 aliphatic heterocycles. The lowest BCUT2D eigenvalue weighted by Gasteiger charge is -2.23. The van der Waals surface area contributed by atoms with Crippen molar-refractivity contribution in [2.24, 2.45) is 5.73 Å². The molecule has 3 unspecified atom stereocenters. The molecule has 0 heterocycles. The molecule has 5 N–H and O–H groups in total. The number of nitrogens with one attached hydrogen (secondary N) is 1. The van der Waals surface area contributed by atoms with Gasteiger partial charge in [-0.05, 0) is 44.9 Å². The van der Waals surface area contributed by atoms with Gasteiger partial charge in [-0.25, -0.2) is 4.57 Å². The summed E-state index contributed by atoms with van der Waals surface area (Å²) in [6.45, 7) is 4.07. The standard InChI is InChI=1S/C38H73N2O6P/c1-3-5-7-9-11-13-15-16-17-18-19-20-21-22-23-25-27-29-31-37(41)36(35-46-47(43,44)45-34-33-39)40-38(42)32-30-28-26-24-14-12-10-8-6-4-2/h18-19,22-23,29,31,36-37,41H,3-17,20-21,24-28,30,32-35,39H2,1-2H3,(H,40,42)(H,43,44)/b19-18+,23-22+,31-29+. The van der Waals surface area contributed by atoms with Crippen molar-refractivity contribution in [3.8, 4) is 0 Å². The maximum atomic E-state index is 12.6. The summed E-state index contributed by atoms with van der Waals surface area (Å²) in [5.41, 5.74) is 5.35. The lowest BCUT2D eigenvalue weighted by atomic mass is 10.1. The van der Waals surface area contributed by atoms with Crippen LogP contribution in [-0.2, 0) is 18.4 Å². The maximum Gasteiger partial charge on any atom is 0.472 e. The second-order valence-corrected chi connectivity index (χ2v) is 14.2. The van der Waals surface area contributed by atoms with E-state index in [1.165, 1.54) is 103 Å². The molecule has 47 heavy (non-hydrogen) atoms. The molecule has 276 valence electrons. The van der Waals surface area contributed by atoms with Gasteiger partial charge in [0.2, 0.25) is 5.91 Å². The van der Waals surface area contributed by atoms with Crippen molar-refractivity contribution >= 4 is 13.7 Å². The monoisotopic (exact) mass is 685 g/mol. The third-order valence-electron chi connectivity index (χ3n) is 8.20. The smallest absolute Gasteiger partial charge is 0.387 e. The highest BCUT2D eigenvalue weighted by molar-refractivity contribution is 7.47. The summed E-state index contributed by atoms with van der Waals surface area (Å²) in [6.07, 6.45) is 39.1. The van der Waals surface area contributed by atoms with Gasteiger partial charge in [-0.3, -0.25) is 13.8 Å². The van der Waals surface area contributed by atoms with Crippen molar-refractivity contribution in [2.75, 3.05) is 19.8 Å². The minimum atomic E-state index is -4.34. The Morgan fingerprint density at radius 2 is 1.13 bits per heavy atom. The Hall–Kier alpha value is -1.28. The summed E-state index contributed by atoms with van der Waals surface area (Å²) >= 11 is 0. The number of amides is 1. The zero-order chi connectivity index (χ0) is 34.7. The summed E-state index contributed by atoms with van der Waals surface area (Å²) in [4.78, 5) is 22.5. The highest BCUT2D eigenvalue weighted by Crippen LogP contribution is 2.43. The average molecular weight is 685 g/mol. The van der Waals surface area contributed by atoms with Crippen molar-refractivity contribution in [3.63, 3.8) is 0 Å². The molecule has 0 aromatic heterocycles. The molecule has 0 aliphatic carbocycles. The van der Waals surface area contributed by atoms with Crippen LogP contribution in [0.3, 0.4) is 0 Å². The fourth-order valence-corrected chi connectivity index (χ4v) is 6.04. The predicted molar refractivity (Wildman–Crippen MR) is 198 cm³/mol. The second kappa shape index (κ2) is 34.6. The van der Waals surface area contributed by atoms with Crippen molar-refractivity contribution in [3.05, 3.63) is 36.5 Å². The summed E-state index contributed by atoms with van der Waals surface area (Å²) in [7, 11) is -4.34. The van der Waals surface area contributed by atoms with Crippen LogP contribution < -0.4 is 11.1 Å². The first-order chi connectivity index (χ1) is 22.9. The molecule has 0 radical (unpaired) electrons. The van der Waals surface area contributed by atoms with E-state index in [1.54, 1.807) is 6.08 Å². The summed E-state index contributed by atoms with van der Waals surface area (Å²) in [6, 6.07) is -0.878. The van der Waals surface area contributed by atoms with Crippen LogP contribution in [0.2, 0.25) is 0 Å². The number of unbranched alkanes of at least 4 members (excludes halogenated alkanes) is 19. The molecule has 9 heteroatoms. The van der Waals surface area contributed by atoms with E-state index < -0.39 is 20.0 Å². The zero-order valence-electron chi connectivity index (χ0n) is 30.3. The van der Waals surface area contributed by atoms with Crippen LogP contribution in [0.5, 0.6) is 0 Å². The molecular weight excluding hydrogens is 611 g/mol. The van der Waals surface area contributed by atoms with Crippen LogP contribution in [0.25, 0.3) is 0 Å². The van der Waals surface area contributed by atoms with Gasteiger partial charge in [-0.2, -0.15) is 0 Å². The molecule has 0 fully saturated rings. The Bertz CT molecular complexity index is 835. The average Bonchev–Trinajstić information content (AvgIpc) is 3.05.